The van der Waals surface area contributed by atoms with Gasteiger partial charge >= 0.3 is 6.61 Å². The summed E-state index contributed by atoms with van der Waals surface area (Å²) in [6, 6.07) is 2.64. The summed E-state index contributed by atoms with van der Waals surface area (Å²) in [6.07, 6.45) is 11.9. The Kier molecular flexibility index (Phi) is 13.1. The van der Waals surface area contributed by atoms with Crippen LogP contribution in [0.15, 0.2) is 52.7 Å². The fourth-order valence-electron chi connectivity index (χ4n) is 2.93. The Morgan fingerprint density at radius 1 is 1.22 bits per heavy atom. The van der Waals surface area contributed by atoms with Gasteiger partial charge in [0.2, 0.25) is 0 Å². The van der Waals surface area contributed by atoms with Crippen molar-refractivity contribution in [2.24, 2.45) is 10.7 Å². The second kappa shape index (κ2) is 15.3. The van der Waals surface area contributed by atoms with Crippen LogP contribution >= 0.6 is 0 Å². The van der Waals surface area contributed by atoms with E-state index >= 15 is 0 Å². The number of hydrogen-bond acceptors (Lipinski definition) is 4. The molecule has 0 radical (unpaired) electrons. The molecular weight excluding hydrogens is 417 g/mol. The molecule has 32 heavy (non-hydrogen) atoms. The zero-order valence-corrected chi connectivity index (χ0v) is 19.5. The molecule has 178 valence electrons. The molecule has 0 atom stereocenters. The molecule has 1 aliphatic rings. The Labute approximate surface area is 189 Å². The third-order valence-corrected chi connectivity index (χ3v) is 4.48. The van der Waals surface area contributed by atoms with Crippen LogP contribution in [0.2, 0.25) is 0 Å². The molecule has 1 saturated heterocycles. The Balaban J connectivity index is 0.000000730. The van der Waals surface area contributed by atoms with Crippen molar-refractivity contribution in [3.8, 4) is 5.75 Å². The number of aryl methyl sites for hydroxylation is 1. The van der Waals surface area contributed by atoms with Crippen LogP contribution < -0.4 is 10.5 Å². The molecule has 1 heterocycles. The first-order chi connectivity index (χ1) is 15.3. The first kappa shape index (κ1) is 27.5. The molecule has 0 spiro atoms. The Hall–Kier alpha value is -2.54. The Morgan fingerprint density at radius 3 is 2.41 bits per heavy atom. The molecule has 4 nitrogen and oxygen atoms in total. The van der Waals surface area contributed by atoms with E-state index in [1.165, 1.54) is 31.4 Å². The lowest BCUT2D eigenvalue weighted by atomic mass is 9.99. The molecule has 2 N–H and O–H groups in total. The topological polar surface area (TPSA) is 56.8 Å². The summed E-state index contributed by atoms with van der Waals surface area (Å²) in [5, 5.41) is 0. The highest BCUT2D eigenvalue weighted by atomic mass is 19.3. The van der Waals surface area contributed by atoms with Gasteiger partial charge in [-0.15, -0.1) is 0 Å². The summed E-state index contributed by atoms with van der Waals surface area (Å²) in [7, 11) is 0. The number of allylic oxidation sites excluding steroid dienone is 5. The minimum atomic E-state index is -3.06. The number of rotatable bonds is 8. The SMILES string of the molecule is C1CCOCC1.CC/C=C\C=C(/C)C(=NC/C=C(\C)N)c1c(F)cc(C)cc1OC(F)F. The second-order valence-electron chi connectivity index (χ2n) is 7.49. The Bertz CT molecular complexity index is 811. The molecule has 1 aliphatic heterocycles. The van der Waals surface area contributed by atoms with Crippen molar-refractivity contribution in [2.75, 3.05) is 19.8 Å². The minimum absolute atomic E-state index is 0.0855. The van der Waals surface area contributed by atoms with Crippen LogP contribution in [-0.2, 0) is 4.74 Å². The quantitative estimate of drug-likeness (QED) is 0.362. The highest BCUT2D eigenvalue weighted by Crippen LogP contribution is 2.28. The molecule has 0 bridgehead atoms. The van der Waals surface area contributed by atoms with E-state index < -0.39 is 12.4 Å². The smallest absolute Gasteiger partial charge is 0.387 e. The van der Waals surface area contributed by atoms with Crippen molar-refractivity contribution in [3.05, 3.63) is 64.7 Å². The highest BCUT2D eigenvalue weighted by molar-refractivity contribution is 6.14. The van der Waals surface area contributed by atoms with Crippen LogP contribution in [0.3, 0.4) is 0 Å². The van der Waals surface area contributed by atoms with Crippen LogP contribution in [0.4, 0.5) is 13.2 Å². The number of halogens is 3. The van der Waals surface area contributed by atoms with E-state index in [0.717, 1.165) is 19.6 Å². The van der Waals surface area contributed by atoms with E-state index in [4.69, 9.17) is 10.5 Å². The predicted octanol–water partition coefficient (Wildman–Crippen LogP) is 6.49. The fourth-order valence-corrected chi connectivity index (χ4v) is 2.93. The molecule has 2 rings (SSSR count). The van der Waals surface area contributed by atoms with Crippen molar-refractivity contribution in [3.63, 3.8) is 0 Å². The second-order valence-corrected chi connectivity index (χ2v) is 7.49. The predicted molar refractivity (Wildman–Crippen MR) is 125 cm³/mol. The normalized spacial score (nSPS) is 15.7. The molecule has 0 unspecified atom stereocenters. The van der Waals surface area contributed by atoms with Gasteiger partial charge in [-0.05, 0) is 75.8 Å². The van der Waals surface area contributed by atoms with Gasteiger partial charge in [-0.25, -0.2) is 4.39 Å². The van der Waals surface area contributed by atoms with Crippen LogP contribution in [0, 0.1) is 12.7 Å². The van der Waals surface area contributed by atoms with Crippen molar-refractivity contribution < 1.29 is 22.6 Å². The summed E-state index contributed by atoms with van der Waals surface area (Å²) in [4.78, 5) is 4.36. The zero-order chi connectivity index (χ0) is 23.9. The van der Waals surface area contributed by atoms with Crippen molar-refractivity contribution >= 4 is 5.71 Å². The number of alkyl halides is 2. The van der Waals surface area contributed by atoms with E-state index in [1.807, 2.05) is 19.1 Å². The number of hydrogen-bond donors (Lipinski definition) is 1. The summed E-state index contributed by atoms with van der Waals surface area (Å²) >= 11 is 0. The van der Waals surface area contributed by atoms with E-state index in [9.17, 15) is 13.2 Å². The summed E-state index contributed by atoms with van der Waals surface area (Å²) in [5.41, 5.74) is 7.43. The van der Waals surface area contributed by atoms with E-state index in [2.05, 4.69) is 9.73 Å². The van der Waals surface area contributed by atoms with Gasteiger partial charge < -0.3 is 15.2 Å². The maximum atomic E-state index is 14.7. The molecule has 0 saturated carbocycles. The van der Waals surface area contributed by atoms with Crippen molar-refractivity contribution in [1.29, 1.82) is 0 Å². The Morgan fingerprint density at radius 2 is 1.91 bits per heavy atom. The van der Waals surface area contributed by atoms with Crippen LogP contribution in [-0.4, -0.2) is 32.1 Å². The number of nitrogens with zero attached hydrogens (tertiary/aromatic N) is 1. The number of aliphatic imine (C=N–C) groups is 1. The standard InChI is InChI=1S/C20H25F3N2O.C5H10O/c1-5-6-7-8-14(3)19(25-10-9-15(4)24)18-16(21)11-13(2)12-17(18)26-20(22)23;1-2-4-6-5-3-1/h6-9,11-12,20H,5,10,24H2,1-4H3;1-5H2/b7-6-,14-8+,15-9+,25-19?;. The highest BCUT2D eigenvalue weighted by Gasteiger charge is 2.20. The molecular formula is C25H35F3N2O2. The van der Waals surface area contributed by atoms with Gasteiger partial charge in [-0.1, -0.05) is 25.2 Å². The van der Waals surface area contributed by atoms with Gasteiger partial charge in [0, 0.05) is 18.9 Å². The third-order valence-electron chi connectivity index (χ3n) is 4.48. The van der Waals surface area contributed by atoms with Gasteiger partial charge in [0.1, 0.15) is 11.6 Å². The van der Waals surface area contributed by atoms with Crippen molar-refractivity contribution in [1.82, 2.24) is 0 Å². The summed E-state index contributed by atoms with van der Waals surface area (Å²) in [5.74, 6) is -0.906. The van der Waals surface area contributed by atoms with Gasteiger partial charge in [-0.2, -0.15) is 8.78 Å². The van der Waals surface area contributed by atoms with Gasteiger partial charge in [0.15, 0.2) is 0 Å². The monoisotopic (exact) mass is 452 g/mol. The average Bonchev–Trinajstić information content (AvgIpc) is 2.73. The van der Waals surface area contributed by atoms with Crippen molar-refractivity contribution in [2.45, 2.75) is 60.0 Å². The number of nitrogens with two attached hydrogens (primary N) is 1. The molecule has 1 aromatic rings. The lowest BCUT2D eigenvalue weighted by Crippen LogP contribution is -2.13. The van der Waals surface area contributed by atoms with Gasteiger partial charge in [0.05, 0.1) is 17.8 Å². The lowest BCUT2D eigenvalue weighted by Gasteiger charge is -2.15. The summed E-state index contributed by atoms with van der Waals surface area (Å²) < 4.78 is 49.9. The number of benzene rings is 1. The minimum Gasteiger partial charge on any atom is -0.434 e. The largest absolute Gasteiger partial charge is 0.434 e. The van der Waals surface area contributed by atoms with Crippen LogP contribution in [0.25, 0.3) is 0 Å². The molecule has 1 fully saturated rings. The maximum absolute atomic E-state index is 14.7. The lowest BCUT2D eigenvalue weighted by molar-refractivity contribution is -0.0501. The first-order valence-electron chi connectivity index (χ1n) is 10.9. The van der Waals surface area contributed by atoms with Gasteiger partial charge in [0.25, 0.3) is 0 Å². The fraction of sp³-hybridized carbons (Fsp3) is 0.480. The van der Waals surface area contributed by atoms with E-state index in [-0.39, 0.29) is 23.6 Å². The zero-order valence-electron chi connectivity index (χ0n) is 19.5. The molecule has 1 aromatic carbocycles. The molecule has 7 heteroatoms. The van der Waals surface area contributed by atoms with E-state index in [1.54, 1.807) is 32.9 Å². The molecule has 0 aromatic heterocycles. The maximum Gasteiger partial charge on any atom is 0.387 e. The summed E-state index contributed by atoms with van der Waals surface area (Å²) in [6.45, 7) is 6.17. The first-order valence-corrected chi connectivity index (χ1v) is 10.9. The van der Waals surface area contributed by atoms with E-state index in [0.29, 0.717) is 16.8 Å². The molecule has 0 aliphatic carbocycles. The van der Waals surface area contributed by atoms with Gasteiger partial charge in [-0.3, -0.25) is 4.99 Å². The third kappa shape index (κ3) is 10.7. The average molecular weight is 453 g/mol. The number of ether oxygens (including phenoxy) is 2. The van der Waals surface area contributed by atoms with Crippen LogP contribution in [0.1, 0.15) is 57.6 Å². The van der Waals surface area contributed by atoms with Crippen LogP contribution in [0.5, 0.6) is 5.75 Å². The molecule has 0 amide bonds.